The van der Waals surface area contributed by atoms with Crippen molar-refractivity contribution in [1.82, 2.24) is 31.9 Å². The van der Waals surface area contributed by atoms with Gasteiger partial charge in [-0.3, -0.25) is 38.4 Å². The number of aliphatic carboxylic acids is 2. The summed E-state index contributed by atoms with van der Waals surface area (Å²) in [4.78, 5) is 113. The van der Waals surface area contributed by atoms with E-state index >= 15 is 0 Å². The van der Waals surface area contributed by atoms with E-state index in [1.54, 1.807) is 0 Å². The molecule has 0 spiro atoms. The Kier molecular flexibility index (Phi) is 24.4. The van der Waals surface area contributed by atoms with Crippen LogP contribution in [0.5, 0.6) is 0 Å². The Morgan fingerprint density at radius 2 is 1.04 bits per heavy atom. The standard InChI is InChI=1S/C34H62N10O12/c1-17(2)15-20(37)29(50)40-22(10-6-8-14-36)31(52)41-21(9-5-7-13-35)30(51)39-18(3)28(49)44-27(19(4)45)33(54)43-24(16-25(38)46)32(53)42-23(34(55)56)11-12-26(47)48/h17-24,27,45H,5-16,35-37H2,1-4H3,(H2,38,46)(H,39,51)(H,40,50)(H,41,52)(H,42,53)(H,43,54)(H,44,49)(H,47,48)(H,55,56)/t18-,19+,20-,21-,22-,23-,24-,27-/m0/s1. The lowest BCUT2D eigenvalue weighted by Gasteiger charge is -2.27. The highest BCUT2D eigenvalue weighted by molar-refractivity contribution is 5.98. The Bertz CT molecular complexity index is 1350. The number of nitrogens with one attached hydrogen (secondary N) is 6. The van der Waals surface area contributed by atoms with Gasteiger partial charge >= 0.3 is 11.9 Å². The van der Waals surface area contributed by atoms with Crippen LogP contribution in [0.3, 0.4) is 0 Å². The van der Waals surface area contributed by atoms with Crippen LogP contribution in [0.2, 0.25) is 0 Å². The van der Waals surface area contributed by atoms with Gasteiger partial charge in [0.15, 0.2) is 0 Å². The van der Waals surface area contributed by atoms with E-state index in [2.05, 4.69) is 26.6 Å². The minimum atomic E-state index is -1.80. The number of carbonyl (C=O) groups is 9. The molecule has 0 rings (SSSR count). The van der Waals surface area contributed by atoms with E-state index < -0.39 is 121 Å². The molecule has 0 aromatic rings. The van der Waals surface area contributed by atoms with Crippen molar-refractivity contribution in [2.75, 3.05) is 13.1 Å². The molecule has 0 aliphatic heterocycles. The third-order valence-electron chi connectivity index (χ3n) is 8.34. The van der Waals surface area contributed by atoms with Crippen LogP contribution in [-0.2, 0) is 43.2 Å². The first-order valence-corrected chi connectivity index (χ1v) is 18.5. The monoisotopic (exact) mass is 802 g/mol. The van der Waals surface area contributed by atoms with Gasteiger partial charge in [-0.2, -0.15) is 0 Å². The molecule has 0 aliphatic rings. The van der Waals surface area contributed by atoms with E-state index in [9.17, 15) is 53.4 Å². The van der Waals surface area contributed by atoms with Crippen LogP contribution in [-0.4, -0.2) is 130 Å². The molecule has 0 aliphatic carbocycles. The first kappa shape index (κ1) is 51.1. The first-order chi connectivity index (χ1) is 26.1. The fraction of sp³-hybridized carbons (Fsp3) is 0.735. The minimum absolute atomic E-state index is 0.0977. The summed E-state index contributed by atoms with van der Waals surface area (Å²) in [6.07, 6.45) is -0.998. The van der Waals surface area contributed by atoms with Crippen LogP contribution in [0.1, 0.15) is 91.9 Å². The van der Waals surface area contributed by atoms with E-state index in [0.717, 1.165) is 6.92 Å². The van der Waals surface area contributed by atoms with E-state index in [1.807, 2.05) is 19.2 Å². The third kappa shape index (κ3) is 20.7. The van der Waals surface area contributed by atoms with Crippen molar-refractivity contribution in [2.45, 2.75) is 140 Å². The molecule has 0 bridgehead atoms. The predicted molar refractivity (Wildman–Crippen MR) is 200 cm³/mol. The number of aliphatic hydroxyl groups is 1. The van der Waals surface area contributed by atoms with Crippen LogP contribution in [0.4, 0.5) is 0 Å². The lowest BCUT2D eigenvalue weighted by Crippen LogP contribution is -2.61. The summed E-state index contributed by atoms with van der Waals surface area (Å²) in [6.45, 7) is 6.79. The highest BCUT2D eigenvalue weighted by Gasteiger charge is 2.34. The third-order valence-corrected chi connectivity index (χ3v) is 8.34. The summed E-state index contributed by atoms with van der Waals surface area (Å²) in [5.74, 6) is -9.33. The second kappa shape index (κ2) is 26.8. The molecule has 56 heavy (non-hydrogen) atoms. The molecule has 7 amide bonds. The number of carboxylic acid groups (broad SMARTS) is 2. The van der Waals surface area contributed by atoms with Crippen LogP contribution in [0.25, 0.3) is 0 Å². The molecule has 22 heteroatoms. The number of hydrogen-bond donors (Lipinski definition) is 13. The molecule has 17 N–H and O–H groups in total. The van der Waals surface area contributed by atoms with Crippen molar-refractivity contribution in [2.24, 2.45) is 28.9 Å². The number of rotatable bonds is 29. The number of nitrogens with two attached hydrogens (primary N) is 4. The zero-order chi connectivity index (χ0) is 43.1. The van der Waals surface area contributed by atoms with Gasteiger partial charge in [0.1, 0.15) is 36.3 Å². The van der Waals surface area contributed by atoms with Gasteiger partial charge in [-0.25, -0.2) is 4.79 Å². The first-order valence-electron chi connectivity index (χ1n) is 18.5. The van der Waals surface area contributed by atoms with Gasteiger partial charge in [0.2, 0.25) is 41.4 Å². The molecule has 0 unspecified atom stereocenters. The molecule has 0 aromatic heterocycles. The highest BCUT2D eigenvalue weighted by Crippen LogP contribution is 2.09. The van der Waals surface area contributed by atoms with Crippen LogP contribution >= 0.6 is 0 Å². The SMILES string of the molecule is CC(C)C[C@H](N)C(=O)N[C@@H](CCCCN)C(=O)N[C@@H](CCCCN)C(=O)N[C@@H](C)C(=O)N[C@H](C(=O)N[C@@H](CC(N)=O)C(=O)N[C@@H](CCC(=O)O)C(=O)O)[C@@H](C)O. The van der Waals surface area contributed by atoms with Crippen LogP contribution in [0.15, 0.2) is 0 Å². The molecule has 0 saturated heterocycles. The van der Waals surface area contributed by atoms with Gasteiger partial charge in [-0.15, -0.1) is 0 Å². The molecular formula is C34H62N10O12. The lowest BCUT2D eigenvalue weighted by molar-refractivity contribution is -0.143. The smallest absolute Gasteiger partial charge is 0.326 e. The maximum absolute atomic E-state index is 13.5. The fourth-order valence-corrected chi connectivity index (χ4v) is 5.22. The fourth-order valence-electron chi connectivity index (χ4n) is 5.22. The number of aliphatic hydroxyl groups excluding tert-OH is 1. The van der Waals surface area contributed by atoms with Crippen molar-refractivity contribution in [3.8, 4) is 0 Å². The number of primary amides is 1. The molecule has 0 fully saturated rings. The molecule has 0 heterocycles. The van der Waals surface area contributed by atoms with E-state index in [1.165, 1.54) is 6.92 Å². The van der Waals surface area contributed by atoms with Crippen molar-refractivity contribution < 1.29 is 58.5 Å². The molecule has 0 aromatic carbocycles. The molecule has 0 radical (unpaired) electrons. The normalized spacial score (nSPS) is 15.4. The van der Waals surface area contributed by atoms with E-state index in [0.29, 0.717) is 45.2 Å². The Morgan fingerprint density at radius 3 is 1.48 bits per heavy atom. The summed E-state index contributed by atoms with van der Waals surface area (Å²) >= 11 is 0. The van der Waals surface area contributed by atoms with Crippen molar-refractivity contribution in [3.63, 3.8) is 0 Å². The van der Waals surface area contributed by atoms with Gasteiger partial charge < -0.3 is 70.2 Å². The Morgan fingerprint density at radius 1 is 0.571 bits per heavy atom. The van der Waals surface area contributed by atoms with E-state index in [-0.39, 0.29) is 18.8 Å². The second-order valence-electron chi connectivity index (χ2n) is 13.9. The van der Waals surface area contributed by atoms with Crippen molar-refractivity contribution in [1.29, 1.82) is 0 Å². The highest BCUT2D eigenvalue weighted by atomic mass is 16.4. The van der Waals surface area contributed by atoms with Crippen molar-refractivity contribution in [3.05, 3.63) is 0 Å². The molecule has 22 nitrogen and oxygen atoms in total. The van der Waals surface area contributed by atoms with Gasteiger partial charge in [-0.05, 0) is 84.2 Å². The maximum atomic E-state index is 13.5. The average Bonchev–Trinajstić information content (AvgIpc) is 3.09. The number of carboxylic acids is 2. The zero-order valence-electron chi connectivity index (χ0n) is 32.5. The number of carbonyl (C=O) groups excluding carboxylic acids is 7. The molecule has 8 atom stereocenters. The largest absolute Gasteiger partial charge is 0.481 e. The Hall–Kier alpha value is -4.93. The quantitative estimate of drug-likeness (QED) is 0.0319. The lowest BCUT2D eigenvalue weighted by atomic mass is 10.0. The summed E-state index contributed by atoms with van der Waals surface area (Å²) in [5.41, 5.74) is 22.4. The number of hydrogen-bond acceptors (Lipinski definition) is 13. The molecular weight excluding hydrogens is 740 g/mol. The van der Waals surface area contributed by atoms with Crippen LogP contribution < -0.4 is 54.8 Å². The Labute approximate surface area is 325 Å². The summed E-state index contributed by atoms with van der Waals surface area (Å²) in [6, 6.07) is -9.79. The van der Waals surface area contributed by atoms with Gasteiger partial charge in [0.05, 0.1) is 18.6 Å². The molecule has 320 valence electrons. The minimum Gasteiger partial charge on any atom is -0.481 e. The summed E-state index contributed by atoms with van der Waals surface area (Å²) < 4.78 is 0. The van der Waals surface area contributed by atoms with Gasteiger partial charge in [0, 0.05) is 6.42 Å². The van der Waals surface area contributed by atoms with Crippen LogP contribution in [0, 0.1) is 5.92 Å². The van der Waals surface area contributed by atoms with Gasteiger partial charge in [-0.1, -0.05) is 13.8 Å². The zero-order valence-corrected chi connectivity index (χ0v) is 32.5. The maximum Gasteiger partial charge on any atom is 0.326 e. The van der Waals surface area contributed by atoms with Gasteiger partial charge in [0.25, 0.3) is 0 Å². The second-order valence-corrected chi connectivity index (χ2v) is 13.9. The Balaban J connectivity index is 5.97. The van der Waals surface area contributed by atoms with E-state index in [4.69, 9.17) is 28.0 Å². The number of amides is 7. The molecule has 0 saturated carbocycles. The number of unbranched alkanes of at least 4 members (excludes halogenated alkanes) is 2. The summed E-state index contributed by atoms with van der Waals surface area (Å²) in [7, 11) is 0. The van der Waals surface area contributed by atoms with Crippen molar-refractivity contribution >= 4 is 53.3 Å². The summed E-state index contributed by atoms with van der Waals surface area (Å²) in [5, 5.41) is 42.7. The average molecular weight is 803 g/mol. The predicted octanol–water partition coefficient (Wildman–Crippen LogP) is -4.25. The topological polar surface area (TPSA) is 391 Å².